The molecule has 3 fully saturated rings. The summed E-state index contributed by atoms with van der Waals surface area (Å²) in [5.74, 6) is -0.000141. The van der Waals surface area contributed by atoms with Gasteiger partial charge in [-0.15, -0.1) is 0 Å². The van der Waals surface area contributed by atoms with E-state index >= 15 is 0 Å². The van der Waals surface area contributed by atoms with E-state index in [9.17, 15) is 14.4 Å². The summed E-state index contributed by atoms with van der Waals surface area (Å²) in [6.45, 7) is 3.34. The lowest BCUT2D eigenvalue weighted by molar-refractivity contribution is -0.377. The van der Waals surface area contributed by atoms with Gasteiger partial charge in [0.2, 0.25) is 5.91 Å². The smallest absolute Gasteiger partial charge is 0.325 e. The zero-order valence-electron chi connectivity index (χ0n) is 16.2. The zero-order valence-corrected chi connectivity index (χ0v) is 16.2. The minimum absolute atomic E-state index is 0.101. The molecule has 0 radical (unpaired) electrons. The molecule has 2 saturated heterocycles. The average Bonchev–Trinajstić information content (AvgIpc) is 3.29. The van der Waals surface area contributed by atoms with Crippen molar-refractivity contribution in [2.45, 2.75) is 44.1 Å². The Morgan fingerprint density at radius 3 is 2.43 bits per heavy atom. The summed E-state index contributed by atoms with van der Waals surface area (Å²) < 4.78 is 0. The molecule has 1 aromatic heterocycles. The normalized spacial score (nSPS) is 21.5. The van der Waals surface area contributed by atoms with Crippen LogP contribution in [0.2, 0.25) is 0 Å². The maximum atomic E-state index is 12.6. The number of imide groups is 1. The number of carbonyl (C=O) groups is 3. The Labute approximate surface area is 164 Å². The Balaban J connectivity index is 1.22. The van der Waals surface area contributed by atoms with Gasteiger partial charge < -0.3 is 15.1 Å². The summed E-state index contributed by atoms with van der Waals surface area (Å²) in [5, 5.41) is 2.89. The van der Waals surface area contributed by atoms with Gasteiger partial charge in [-0.3, -0.25) is 14.5 Å². The van der Waals surface area contributed by atoms with E-state index < -0.39 is 5.54 Å². The minimum atomic E-state index is -0.660. The van der Waals surface area contributed by atoms with Crippen LogP contribution in [0.5, 0.6) is 0 Å². The Hall–Kier alpha value is -2.64. The van der Waals surface area contributed by atoms with E-state index in [1.807, 2.05) is 29.4 Å². The van der Waals surface area contributed by atoms with Gasteiger partial charge in [0.05, 0.1) is 0 Å². The molecule has 1 aromatic rings. The summed E-state index contributed by atoms with van der Waals surface area (Å²) in [4.78, 5) is 45.8. The second-order valence-electron chi connectivity index (χ2n) is 7.91. The lowest BCUT2D eigenvalue weighted by Gasteiger charge is -2.36. The number of hydrogen-bond acceptors (Lipinski definition) is 4. The van der Waals surface area contributed by atoms with Gasteiger partial charge in [-0.05, 0) is 19.3 Å². The van der Waals surface area contributed by atoms with Crippen molar-refractivity contribution in [3.8, 4) is 0 Å². The molecule has 150 valence electrons. The number of rotatable bonds is 5. The molecule has 8 heteroatoms. The predicted octanol–water partition coefficient (Wildman–Crippen LogP) is 0.794. The molecular weight excluding hydrogens is 358 g/mol. The number of H-pyrrole nitrogens is 1. The third-order valence-corrected chi connectivity index (χ3v) is 6.17. The van der Waals surface area contributed by atoms with Gasteiger partial charge in [0.15, 0.2) is 12.4 Å². The van der Waals surface area contributed by atoms with Crippen LogP contribution in [0.25, 0.3) is 0 Å². The van der Waals surface area contributed by atoms with Crippen LogP contribution in [0.4, 0.5) is 10.5 Å². The van der Waals surface area contributed by atoms with Crippen LogP contribution < -0.4 is 15.2 Å². The number of pyridine rings is 1. The number of nitrogens with zero attached hydrogens (tertiary/aromatic N) is 3. The average molecular weight is 386 g/mol. The van der Waals surface area contributed by atoms with Crippen LogP contribution >= 0.6 is 0 Å². The number of aromatic nitrogens is 1. The Bertz CT molecular complexity index is 739. The lowest BCUT2D eigenvalue weighted by atomic mass is 9.98. The largest absolute Gasteiger partial charge is 0.368 e. The monoisotopic (exact) mass is 386 g/mol. The Morgan fingerprint density at radius 1 is 1.07 bits per heavy atom. The highest BCUT2D eigenvalue weighted by Crippen LogP contribution is 2.35. The van der Waals surface area contributed by atoms with Crippen molar-refractivity contribution >= 4 is 23.5 Å². The van der Waals surface area contributed by atoms with E-state index in [2.05, 4.69) is 15.2 Å². The molecule has 2 aliphatic heterocycles. The third kappa shape index (κ3) is 3.55. The SMILES string of the molecule is O=C(CCCN1C(=O)NC2(CCCC2)C1=O)N1CCN(c2cc[nH+]cc2)CC1. The van der Waals surface area contributed by atoms with Crippen LogP contribution in [-0.2, 0) is 9.59 Å². The van der Waals surface area contributed by atoms with E-state index in [0.717, 1.165) is 44.5 Å². The molecule has 4 rings (SSSR count). The number of urea groups is 1. The highest BCUT2D eigenvalue weighted by molar-refractivity contribution is 6.07. The van der Waals surface area contributed by atoms with Crippen LogP contribution in [0.15, 0.2) is 24.5 Å². The first-order chi connectivity index (χ1) is 13.6. The maximum absolute atomic E-state index is 12.6. The van der Waals surface area contributed by atoms with Crippen molar-refractivity contribution in [1.29, 1.82) is 0 Å². The zero-order chi connectivity index (χ0) is 19.6. The van der Waals surface area contributed by atoms with Gasteiger partial charge in [0.25, 0.3) is 5.91 Å². The highest BCUT2D eigenvalue weighted by atomic mass is 16.2. The van der Waals surface area contributed by atoms with Crippen LogP contribution in [0.3, 0.4) is 0 Å². The quantitative estimate of drug-likeness (QED) is 0.758. The van der Waals surface area contributed by atoms with Crippen molar-refractivity contribution in [1.82, 2.24) is 15.1 Å². The number of anilines is 1. The van der Waals surface area contributed by atoms with E-state index in [-0.39, 0.29) is 17.8 Å². The van der Waals surface area contributed by atoms with E-state index in [4.69, 9.17) is 0 Å². The lowest BCUT2D eigenvalue weighted by Crippen LogP contribution is -2.49. The Kier molecular flexibility index (Phi) is 5.19. The molecule has 1 saturated carbocycles. The van der Waals surface area contributed by atoms with Crippen molar-refractivity contribution in [3.05, 3.63) is 24.5 Å². The van der Waals surface area contributed by atoms with E-state index in [1.165, 1.54) is 4.90 Å². The highest BCUT2D eigenvalue weighted by Gasteiger charge is 2.52. The van der Waals surface area contributed by atoms with E-state index in [0.29, 0.717) is 32.5 Å². The summed E-state index contributed by atoms with van der Waals surface area (Å²) in [7, 11) is 0. The molecule has 0 unspecified atom stereocenters. The van der Waals surface area contributed by atoms with Crippen molar-refractivity contribution in [3.63, 3.8) is 0 Å². The number of hydrogen-bond donors (Lipinski definition) is 1. The minimum Gasteiger partial charge on any atom is -0.368 e. The third-order valence-electron chi connectivity index (χ3n) is 6.17. The molecule has 0 aromatic carbocycles. The molecule has 28 heavy (non-hydrogen) atoms. The summed E-state index contributed by atoms with van der Waals surface area (Å²) in [5.41, 5.74) is 0.498. The van der Waals surface area contributed by atoms with Gasteiger partial charge in [-0.25, -0.2) is 9.78 Å². The first-order valence-corrected chi connectivity index (χ1v) is 10.2. The molecule has 3 heterocycles. The molecule has 4 amide bonds. The molecule has 0 bridgehead atoms. The van der Waals surface area contributed by atoms with Crippen molar-refractivity contribution < 1.29 is 19.4 Å². The molecule has 1 aliphatic carbocycles. The second-order valence-corrected chi connectivity index (χ2v) is 7.91. The number of aromatic amines is 1. The fraction of sp³-hybridized carbons (Fsp3) is 0.600. The van der Waals surface area contributed by atoms with Gasteiger partial charge >= 0.3 is 6.03 Å². The fourth-order valence-corrected chi connectivity index (χ4v) is 4.55. The molecular formula is C20H28N5O3+. The van der Waals surface area contributed by atoms with E-state index in [1.54, 1.807) is 0 Å². The fourth-order valence-electron chi connectivity index (χ4n) is 4.55. The molecule has 8 nitrogen and oxygen atoms in total. The molecule has 3 aliphatic rings. The molecule has 2 N–H and O–H groups in total. The van der Waals surface area contributed by atoms with Crippen molar-refractivity contribution in [2.75, 3.05) is 37.6 Å². The number of carbonyl (C=O) groups excluding carboxylic acids is 3. The molecule has 0 atom stereocenters. The summed E-state index contributed by atoms with van der Waals surface area (Å²) in [6.07, 6.45) is 8.11. The maximum Gasteiger partial charge on any atom is 0.325 e. The van der Waals surface area contributed by atoms with Gasteiger partial charge in [-0.1, -0.05) is 12.8 Å². The van der Waals surface area contributed by atoms with Crippen molar-refractivity contribution in [2.24, 2.45) is 0 Å². The standard InChI is InChI=1S/C20H27N5O3/c26-17(24-14-12-23(13-15-24)16-5-9-21-10-6-16)4-3-11-25-18(27)20(22-19(25)28)7-1-2-8-20/h5-6,9-10H,1-4,7-8,11-15H2,(H,22,28)/p+1. The van der Waals surface area contributed by atoms with Gasteiger partial charge in [0, 0.05) is 57.0 Å². The number of amides is 4. The predicted molar refractivity (Wildman–Crippen MR) is 102 cm³/mol. The number of piperazine rings is 1. The topological polar surface area (TPSA) is 87.1 Å². The summed E-state index contributed by atoms with van der Waals surface area (Å²) in [6, 6.07) is 3.77. The van der Waals surface area contributed by atoms with Crippen LogP contribution in [-0.4, -0.2) is 65.9 Å². The van der Waals surface area contributed by atoms with Crippen LogP contribution in [0.1, 0.15) is 38.5 Å². The molecule has 1 spiro atoms. The summed E-state index contributed by atoms with van der Waals surface area (Å²) >= 11 is 0. The first kappa shape index (κ1) is 18.7. The second kappa shape index (κ2) is 7.77. The van der Waals surface area contributed by atoms with Crippen LogP contribution in [0, 0.1) is 0 Å². The Morgan fingerprint density at radius 2 is 1.75 bits per heavy atom. The number of nitrogens with one attached hydrogen (secondary N) is 2. The van der Waals surface area contributed by atoms with Gasteiger partial charge in [0.1, 0.15) is 5.54 Å². The first-order valence-electron chi connectivity index (χ1n) is 10.2. The van der Waals surface area contributed by atoms with Gasteiger partial charge in [-0.2, -0.15) is 0 Å².